The summed E-state index contributed by atoms with van der Waals surface area (Å²) in [5, 5.41) is 13.3. The molecule has 4 heterocycles. The summed E-state index contributed by atoms with van der Waals surface area (Å²) >= 11 is 0. The van der Waals surface area contributed by atoms with Crippen LogP contribution in [0, 0.1) is 5.92 Å². The zero-order chi connectivity index (χ0) is 18.3. The summed E-state index contributed by atoms with van der Waals surface area (Å²) in [6, 6.07) is 5.92. The number of piperidine rings is 3. The number of rotatable bonds is 6. The van der Waals surface area contributed by atoms with E-state index in [1.807, 2.05) is 6.07 Å². The molecule has 3 saturated heterocycles. The Bertz CT molecular complexity index is 805. The molecule has 2 aromatic rings. The molecule has 0 spiro atoms. The summed E-state index contributed by atoms with van der Waals surface area (Å²) < 4.78 is 2.11. The maximum Gasteiger partial charge on any atom is 0.337 e. The van der Waals surface area contributed by atoms with Gasteiger partial charge in [-0.15, -0.1) is 0 Å². The van der Waals surface area contributed by atoms with E-state index < -0.39 is 5.97 Å². The van der Waals surface area contributed by atoms with Crippen LogP contribution in [0.5, 0.6) is 0 Å². The molecule has 6 heteroatoms. The van der Waals surface area contributed by atoms with Crippen LogP contribution in [0.25, 0.3) is 11.0 Å². The van der Waals surface area contributed by atoms with Crippen LogP contribution >= 0.6 is 0 Å². The lowest BCUT2D eigenvalue weighted by molar-refractivity contribution is 0.0698. The summed E-state index contributed by atoms with van der Waals surface area (Å²) in [5.41, 5.74) is 1.86. The van der Waals surface area contributed by atoms with Gasteiger partial charge in [0.2, 0.25) is 0 Å². The molecule has 3 fully saturated rings. The van der Waals surface area contributed by atoms with E-state index in [1.165, 1.54) is 25.9 Å². The number of aromatic nitrogens is 2. The summed E-state index contributed by atoms with van der Waals surface area (Å²) in [7, 11) is 0. The second kappa shape index (κ2) is 7.00. The van der Waals surface area contributed by atoms with E-state index in [4.69, 9.17) is 4.98 Å². The third kappa shape index (κ3) is 3.12. The van der Waals surface area contributed by atoms with Crippen molar-refractivity contribution >= 4 is 17.0 Å². The highest BCUT2D eigenvalue weighted by Crippen LogP contribution is 2.28. The highest BCUT2D eigenvalue weighted by molar-refractivity contribution is 6.01. The molecule has 2 N–H and O–H groups in total. The van der Waals surface area contributed by atoms with Crippen LogP contribution in [0.1, 0.15) is 48.8 Å². The van der Waals surface area contributed by atoms with Crippen molar-refractivity contribution in [3.63, 3.8) is 0 Å². The van der Waals surface area contributed by atoms with Gasteiger partial charge in [-0.25, -0.2) is 9.78 Å². The molecule has 1 atom stereocenters. The maximum atomic E-state index is 11.7. The zero-order valence-corrected chi connectivity index (χ0v) is 15.6. The van der Waals surface area contributed by atoms with Crippen LogP contribution in [0.3, 0.4) is 0 Å². The summed E-state index contributed by atoms with van der Waals surface area (Å²) in [6.45, 7) is 9.44. The van der Waals surface area contributed by atoms with Crippen molar-refractivity contribution in [3.05, 3.63) is 29.6 Å². The standard InChI is InChI=1S/C20H28N4O2/c1-13(2)19-22-16-5-3-4-15(20(25)26)18(16)24(19)11-8-21-17-12-23-9-6-14(17)7-10-23/h3-5,13-14,17,21H,6-12H2,1-2H3,(H,25,26)/t17-/m0/s1. The van der Waals surface area contributed by atoms with Crippen molar-refractivity contribution in [3.8, 4) is 0 Å². The highest BCUT2D eigenvalue weighted by atomic mass is 16.4. The number of fused-ring (bicyclic) bond motifs is 4. The van der Waals surface area contributed by atoms with E-state index in [-0.39, 0.29) is 5.92 Å². The molecule has 26 heavy (non-hydrogen) atoms. The molecular weight excluding hydrogens is 328 g/mol. The van der Waals surface area contributed by atoms with Crippen LogP contribution < -0.4 is 5.32 Å². The van der Waals surface area contributed by atoms with Gasteiger partial charge in [0, 0.05) is 31.6 Å². The van der Waals surface area contributed by atoms with Crippen molar-refractivity contribution in [1.29, 1.82) is 0 Å². The fourth-order valence-corrected chi connectivity index (χ4v) is 4.60. The molecule has 3 aliphatic heterocycles. The van der Waals surface area contributed by atoms with Gasteiger partial charge in [-0.1, -0.05) is 19.9 Å². The number of nitrogens with zero attached hydrogens (tertiary/aromatic N) is 3. The topological polar surface area (TPSA) is 70.4 Å². The molecular formula is C20H28N4O2. The molecule has 5 rings (SSSR count). The van der Waals surface area contributed by atoms with Crippen molar-refractivity contribution in [1.82, 2.24) is 19.8 Å². The zero-order valence-electron chi connectivity index (χ0n) is 15.6. The monoisotopic (exact) mass is 356 g/mol. The van der Waals surface area contributed by atoms with Crippen LogP contribution in [-0.2, 0) is 6.54 Å². The highest BCUT2D eigenvalue weighted by Gasteiger charge is 2.33. The second-order valence-corrected chi connectivity index (χ2v) is 7.95. The summed E-state index contributed by atoms with van der Waals surface area (Å²) in [5.74, 6) is 1.11. The van der Waals surface area contributed by atoms with Gasteiger partial charge in [-0.2, -0.15) is 0 Å². The van der Waals surface area contributed by atoms with Crippen LogP contribution in [0.15, 0.2) is 18.2 Å². The Balaban J connectivity index is 1.56. The molecule has 0 amide bonds. The number of carboxylic acid groups (broad SMARTS) is 1. The first kappa shape index (κ1) is 17.5. The van der Waals surface area contributed by atoms with E-state index in [2.05, 4.69) is 28.6 Å². The molecule has 3 aliphatic rings. The molecule has 1 aromatic carbocycles. The minimum Gasteiger partial charge on any atom is -0.478 e. The average Bonchev–Trinajstić information content (AvgIpc) is 3.02. The van der Waals surface area contributed by atoms with Crippen molar-refractivity contribution in [2.24, 2.45) is 5.92 Å². The SMILES string of the molecule is CC(C)c1nc2cccc(C(=O)O)c2n1CCN[C@H]1CN2CCC1CC2. The van der Waals surface area contributed by atoms with Crippen molar-refractivity contribution < 1.29 is 9.90 Å². The van der Waals surface area contributed by atoms with Gasteiger partial charge in [0.25, 0.3) is 0 Å². The molecule has 6 nitrogen and oxygen atoms in total. The van der Waals surface area contributed by atoms with E-state index in [9.17, 15) is 9.90 Å². The van der Waals surface area contributed by atoms with Gasteiger partial charge in [-0.3, -0.25) is 0 Å². The van der Waals surface area contributed by atoms with Gasteiger partial charge in [0.05, 0.1) is 16.6 Å². The Morgan fingerprint density at radius 3 is 2.73 bits per heavy atom. The number of para-hydroxylation sites is 1. The molecule has 1 aromatic heterocycles. The maximum absolute atomic E-state index is 11.7. The number of carbonyl (C=O) groups is 1. The third-order valence-corrected chi connectivity index (χ3v) is 5.94. The van der Waals surface area contributed by atoms with Crippen molar-refractivity contribution in [2.45, 2.75) is 45.2 Å². The fourth-order valence-electron chi connectivity index (χ4n) is 4.60. The molecule has 0 saturated carbocycles. The lowest BCUT2D eigenvalue weighted by Crippen LogP contribution is -2.56. The molecule has 0 aliphatic carbocycles. The number of carboxylic acids is 1. The van der Waals surface area contributed by atoms with Crippen molar-refractivity contribution in [2.75, 3.05) is 26.2 Å². The van der Waals surface area contributed by atoms with E-state index >= 15 is 0 Å². The Morgan fingerprint density at radius 2 is 2.12 bits per heavy atom. The number of aromatic carboxylic acids is 1. The predicted octanol–water partition coefficient (Wildman–Crippen LogP) is 2.54. The van der Waals surface area contributed by atoms with Gasteiger partial charge < -0.3 is 19.9 Å². The molecule has 140 valence electrons. The lowest BCUT2D eigenvalue weighted by atomic mass is 9.84. The smallest absolute Gasteiger partial charge is 0.337 e. The second-order valence-electron chi connectivity index (χ2n) is 7.95. The number of benzene rings is 1. The average molecular weight is 356 g/mol. The Hall–Kier alpha value is -1.92. The van der Waals surface area contributed by atoms with Crippen LogP contribution in [0.4, 0.5) is 0 Å². The van der Waals surface area contributed by atoms with Crippen LogP contribution in [-0.4, -0.2) is 57.7 Å². The quantitative estimate of drug-likeness (QED) is 0.832. The Labute approximate surface area is 154 Å². The van der Waals surface area contributed by atoms with Gasteiger partial charge in [0.1, 0.15) is 5.82 Å². The third-order valence-electron chi connectivity index (χ3n) is 5.94. The molecule has 2 bridgehead atoms. The summed E-state index contributed by atoms with van der Waals surface area (Å²) in [4.78, 5) is 19.0. The van der Waals surface area contributed by atoms with Gasteiger partial charge >= 0.3 is 5.97 Å². The number of imidazole rings is 1. The Morgan fingerprint density at radius 1 is 1.35 bits per heavy atom. The van der Waals surface area contributed by atoms with E-state index in [1.54, 1.807) is 12.1 Å². The largest absolute Gasteiger partial charge is 0.478 e. The first-order valence-electron chi connectivity index (χ1n) is 9.72. The van der Waals surface area contributed by atoms with Gasteiger partial charge in [0.15, 0.2) is 0 Å². The number of nitrogens with one attached hydrogen (secondary N) is 1. The molecule has 0 unspecified atom stereocenters. The minimum absolute atomic E-state index is 0.251. The minimum atomic E-state index is -0.891. The van der Waals surface area contributed by atoms with Gasteiger partial charge in [-0.05, 0) is 44.0 Å². The summed E-state index contributed by atoms with van der Waals surface area (Å²) in [6.07, 6.45) is 2.60. The normalized spacial score (nSPS) is 25.3. The number of hydrogen-bond donors (Lipinski definition) is 2. The lowest BCUT2D eigenvalue weighted by Gasteiger charge is -2.45. The molecule has 0 radical (unpaired) electrons. The van der Waals surface area contributed by atoms with E-state index in [0.29, 0.717) is 11.6 Å². The van der Waals surface area contributed by atoms with E-state index in [0.717, 1.165) is 42.4 Å². The first-order chi connectivity index (χ1) is 12.5. The number of hydrogen-bond acceptors (Lipinski definition) is 4. The van der Waals surface area contributed by atoms with Crippen LogP contribution in [0.2, 0.25) is 0 Å². The predicted molar refractivity (Wildman–Crippen MR) is 102 cm³/mol. The Kier molecular flexibility index (Phi) is 4.71. The first-order valence-corrected chi connectivity index (χ1v) is 9.72. The fraction of sp³-hybridized carbons (Fsp3) is 0.600.